The third-order valence-electron chi connectivity index (χ3n) is 3.90. The standard InChI is InChI=1S/C12H19N3S/c1-8-9(2)16-12(14-8)7-15-5-10-3-13-4-11(10)6-15/h10-11,13H,3-7H2,1-2H3. The second-order valence-corrected chi connectivity index (χ2v) is 6.41. The number of aromatic nitrogens is 1. The number of nitrogens with zero attached hydrogens (tertiary/aromatic N) is 2. The van der Waals surface area contributed by atoms with Gasteiger partial charge in [0.15, 0.2) is 0 Å². The van der Waals surface area contributed by atoms with Crippen LogP contribution in [0.3, 0.4) is 0 Å². The molecule has 16 heavy (non-hydrogen) atoms. The van der Waals surface area contributed by atoms with Crippen LogP contribution in [0.2, 0.25) is 0 Å². The molecule has 2 aliphatic rings. The summed E-state index contributed by atoms with van der Waals surface area (Å²) in [4.78, 5) is 8.58. The summed E-state index contributed by atoms with van der Waals surface area (Å²) in [5.41, 5.74) is 1.21. The molecule has 2 saturated heterocycles. The molecule has 0 aromatic carbocycles. The van der Waals surface area contributed by atoms with Crippen molar-refractivity contribution in [1.29, 1.82) is 0 Å². The molecule has 3 heterocycles. The Balaban J connectivity index is 1.64. The predicted molar refractivity (Wildman–Crippen MR) is 66.7 cm³/mol. The molecular formula is C12H19N3S. The monoisotopic (exact) mass is 237 g/mol. The molecule has 3 rings (SSSR count). The maximum absolute atomic E-state index is 4.63. The summed E-state index contributed by atoms with van der Waals surface area (Å²) >= 11 is 1.86. The fourth-order valence-electron chi connectivity index (χ4n) is 2.88. The summed E-state index contributed by atoms with van der Waals surface area (Å²) in [5, 5.41) is 4.78. The summed E-state index contributed by atoms with van der Waals surface area (Å²) in [7, 11) is 0. The van der Waals surface area contributed by atoms with E-state index in [1.165, 1.54) is 41.8 Å². The second kappa shape index (κ2) is 4.09. The van der Waals surface area contributed by atoms with Crippen LogP contribution in [0.5, 0.6) is 0 Å². The molecule has 2 unspecified atom stereocenters. The molecule has 3 nitrogen and oxygen atoms in total. The normalized spacial score (nSPS) is 29.9. The predicted octanol–water partition coefficient (Wildman–Crippen LogP) is 1.41. The first-order chi connectivity index (χ1) is 7.72. The summed E-state index contributed by atoms with van der Waals surface area (Å²) in [6.07, 6.45) is 0. The van der Waals surface area contributed by atoms with Gasteiger partial charge in [-0.2, -0.15) is 0 Å². The molecule has 0 bridgehead atoms. The number of hydrogen-bond donors (Lipinski definition) is 1. The lowest BCUT2D eigenvalue weighted by Crippen LogP contribution is -2.25. The van der Waals surface area contributed by atoms with Crippen molar-refractivity contribution in [3.05, 3.63) is 15.6 Å². The lowest BCUT2D eigenvalue weighted by atomic mass is 10.0. The molecule has 2 fully saturated rings. The smallest absolute Gasteiger partial charge is 0.107 e. The molecule has 0 radical (unpaired) electrons. The first-order valence-electron chi connectivity index (χ1n) is 6.08. The number of aryl methyl sites for hydroxylation is 2. The van der Waals surface area contributed by atoms with Gasteiger partial charge >= 0.3 is 0 Å². The average molecular weight is 237 g/mol. The fraction of sp³-hybridized carbons (Fsp3) is 0.750. The third-order valence-corrected chi connectivity index (χ3v) is 4.95. The van der Waals surface area contributed by atoms with Crippen molar-refractivity contribution in [3.63, 3.8) is 0 Å². The number of nitrogens with one attached hydrogen (secondary N) is 1. The maximum Gasteiger partial charge on any atom is 0.107 e. The lowest BCUT2D eigenvalue weighted by Gasteiger charge is -2.14. The fourth-order valence-corrected chi connectivity index (χ4v) is 3.86. The van der Waals surface area contributed by atoms with Crippen molar-refractivity contribution in [2.24, 2.45) is 11.8 Å². The number of rotatable bonds is 2. The Bertz CT molecular complexity index is 356. The number of likely N-dealkylation sites (tertiary alicyclic amines) is 1. The van der Waals surface area contributed by atoms with Crippen LogP contribution < -0.4 is 5.32 Å². The van der Waals surface area contributed by atoms with Gasteiger partial charge in [0.25, 0.3) is 0 Å². The van der Waals surface area contributed by atoms with Gasteiger partial charge in [-0.25, -0.2) is 4.98 Å². The lowest BCUT2D eigenvalue weighted by molar-refractivity contribution is 0.305. The van der Waals surface area contributed by atoms with Crippen LogP contribution in [0.25, 0.3) is 0 Å². The van der Waals surface area contributed by atoms with E-state index < -0.39 is 0 Å². The van der Waals surface area contributed by atoms with Gasteiger partial charge < -0.3 is 5.32 Å². The molecule has 2 atom stereocenters. The van der Waals surface area contributed by atoms with Crippen LogP contribution >= 0.6 is 11.3 Å². The highest BCUT2D eigenvalue weighted by Gasteiger charge is 2.36. The van der Waals surface area contributed by atoms with Crippen LogP contribution in [0.15, 0.2) is 0 Å². The molecular weight excluding hydrogens is 218 g/mol. The van der Waals surface area contributed by atoms with Crippen LogP contribution in [0.4, 0.5) is 0 Å². The molecule has 1 aromatic heterocycles. The van der Waals surface area contributed by atoms with E-state index in [1.54, 1.807) is 0 Å². The zero-order chi connectivity index (χ0) is 11.1. The van der Waals surface area contributed by atoms with E-state index in [0.29, 0.717) is 0 Å². The van der Waals surface area contributed by atoms with Gasteiger partial charge in [-0.15, -0.1) is 11.3 Å². The largest absolute Gasteiger partial charge is 0.316 e. The molecule has 0 amide bonds. The maximum atomic E-state index is 4.63. The topological polar surface area (TPSA) is 28.2 Å². The van der Waals surface area contributed by atoms with E-state index in [2.05, 4.69) is 29.0 Å². The molecule has 1 aromatic rings. The Kier molecular flexibility index (Phi) is 2.73. The highest BCUT2D eigenvalue weighted by Crippen LogP contribution is 2.28. The Morgan fingerprint density at radius 1 is 1.31 bits per heavy atom. The zero-order valence-corrected chi connectivity index (χ0v) is 10.8. The average Bonchev–Trinajstić information content (AvgIpc) is 2.83. The Hall–Kier alpha value is -0.450. The minimum atomic E-state index is 0.891. The van der Waals surface area contributed by atoms with E-state index >= 15 is 0 Å². The second-order valence-electron chi connectivity index (χ2n) is 5.12. The summed E-state index contributed by atoms with van der Waals surface area (Å²) < 4.78 is 0. The third kappa shape index (κ3) is 1.90. The minimum Gasteiger partial charge on any atom is -0.316 e. The summed E-state index contributed by atoms with van der Waals surface area (Å²) in [6.45, 7) is 10.3. The molecule has 1 N–H and O–H groups in total. The van der Waals surface area contributed by atoms with E-state index in [4.69, 9.17) is 0 Å². The molecule has 88 valence electrons. The van der Waals surface area contributed by atoms with Crippen LogP contribution in [0.1, 0.15) is 15.6 Å². The Morgan fingerprint density at radius 3 is 2.56 bits per heavy atom. The first kappa shape index (κ1) is 10.7. The van der Waals surface area contributed by atoms with Gasteiger partial charge in [0.05, 0.1) is 12.2 Å². The molecule has 0 aliphatic carbocycles. The first-order valence-corrected chi connectivity index (χ1v) is 6.90. The van der Waals surface area contributed by atoms with Gasteiger partial charge in [0.2, 0.25) is 0 Å². The van der Waals surface area contributed by atoms with Gasteiger partial charge in [0, 0.05) is 18.0 Å². The van der Waals surface area contributed by atoms with E-state index in [-0.39, 0.29) is 0 Å². The Morgan fingerprint density at radius 2 is 2.00 bits per heavy atom. The van der Waals surface area contributed by atoms with Crippen molar-refractivity contribution in [1.82, 2.24) is 15.2 Å². The molecule has 0 saturated carbocycles. The van der Waals surface area contributed by atoms with Gasteiger partial charge in [-0.1, -0.05) is 0 Å². The van der Waals surface area contributed by atoms with Gasteiger partial charge in [0.1, 0.15) is 5.01 Å². The SMILES string of the molecule is Cc1nc(CN2CC3CNCC3C2)sc1C. The number of thiazole rings is 1. The van der Waals surface area contributed by atoms with Crippen molar-refractivity contribution >= 4 is 11.3 Å². The van der Waals surface area contributed by atoms with Crippen molar-refractivity contribution in [2.45, 2.75) is 20.4 Å². The van der Waals surface area contributed by atoms with Gasteiger partial charge in [-0.3, -0.25) is 4.90 Å². The van der Waals surface area contributed by atoms with E-state index in [1.807, 2.05) is 11.3 Å². The number of hydrogen-bond acceptors (Lipinski definition) is 4. The highest BCUT2D eigenvalue weighted by molar-refractivity contribution is 7.11. The molecule has 2 aliphatic heterocycles. The van der Waals surface area contributed by atoms with E-state index in [9.17, 15) is 0 Å². The Labute approximate surface area is 101 Å². The highest BCUT2D eigenvalue weighted by atomic mass is 32.1. The zero-order valence-electron chi connectivity index (χ0n) is 9.99. The van der Waals surface area contributed by atoms with E-state index in [0.717, 1.165) is 18.4 Å². The van der Waals surface area contributed by atoms with Crippen LogP contribution in [-0.4, -0.2) is 36.1 Å². The number of fused-ring (bicyclic) bond motifs is 1. The van der Waals surface area contributed by atoms with Crippen molar-refractivity contribution in [2.75, 3.05) is 26.2 Å². The summed E-state index contributed by atoms with van der Waals surface area (Å²) in [6, 6.07) is 0. The van der Waals surface area contributed by atoms with Gasteiger partial charge in [-0.05, 0) is 38.8 Å². The van der Waals surface area contributed by atoms with Crippen molar-refractivity contribution < 1.29 is 0 Å². The minimum absolute atomic E-state index is 0.891. The molecule has 4 heteroatoms. The summed E-state index contributed by atoms with van der Waals surface area (Å²) in [5.74, 6) is 1.78. The van der Waals surface area contributed by atoms with Crippen LogP contribution in [-0.2, 0) is 6.54 Å². The van der Waals surface area contributed by atoms with Crippen molar-refractivity contribution in [3.8, 4) is 0 Å². The van der Waals surface area contributed by atoms with Crippen LogP contribution in [0, 0.1) is 25.7 Å². The molecule has 0 spiro atoms. The quantitative estimate of drug-likeness (QED) is 0.843.